The van der Waals surface area contributed by atoms with Crippen molar-refractivity contribution < 1.29 is 4.79 Å². The van der Waals surface area contributed by atoms with Gasteiger partial charge in [-0.2, -0.15) is 0 Å². The maximum atomic E-state index is 11.0. The molecule has 1 aromatic carbocycles. The van der Waals surface area contributed by atoms with Crippen molar-refractivity contribution in [1.29, 1.82) is 0 Å². The van der Waals surface area contributed by atoms with E-state index in [0.29, 0.717) is 6.54 Å². The van der Waals surface area contributed by atoms with Crippen LogP contribution in [0, 0.1) is 6.92 Å². The molecule has 0 radical (unpaired) electrons. The number of hydrogen-bond acceptors (Lipinski definition) is 4. The number of rotatable bonds is 4. The minimum absolute atomic E-state index is 0.0799. The molecule has 2 aromatic rings. The number of hydrogen-bond donors (Lipinski definition) is 2. The fourth-order valence-electron chi connectivity index (χ4n) is 1.70. The molecule has 5 heteroatoms. The van der Waals surface area contributed by atoms with Gasteiger partial charge in [-0.1, -0.05) is 6.07 Å². The van der Waals surface area contributed by atoms with E-state index < -0.39 is 0 Å². The van der Waals surface area contributed by atoms with Crippen LogP contribution in [-0.4, -0.2) is 15.9 Å². The van der Waals surface area contributed by atoms with Gasteiger partial charge in [-0.3, -0.25) is 14.8 Å². The Hall–Kier alpha value is -2.43. The summed E-state index contributed by atoms with van der Waals surface area (Å²) in [4.78, 5) is 19.3. The van der Waals surface area contributed by atoms with Crippen molar-refractivity contribution in [3.8, 4) is 0 Å². The molecular formula is C14H16N4O. The third-order valence-electron chi connectivity index (χ3n) is 2.63. The molecule has 0 aliphatic carbocycles. The lowest BCUT2D eigenvalue weighted by molar-refractivity contribution is -0.114. The molecule has 19 heavy (non-hydrogen) atoms. The van der Waals surface area contributed by atoms with Crippen LogP contribution in [0.4, 0.5) is 11.4 Å². The minimum Gasteiger partial charge on any atom is -0.379 e. The van der Waals surface area contributed by atoms with Crippen molar-refractivity contribution >= 4 is 17.3 Å². The Balaban J connectivity index is 2.08. The standard InChI is InChI=1S/C14H16N4O/c1-10-3-4-12(18-11(2)19)7-14(10)17-9-13-8-15-5-6-16-13/h3-8,17H,9H2,1-2H3,(H,18,19). The number of aryl methyl sites for hydroxylation is 1. The SMILES string of the molecule is CC(=O)Nc1ccc(C)c(NCc2cnccn2)c1. The number of carbonyl (C=O) groups is 1. The van der Waals surface area contributed by atoms with E-state index in [1.807, 2.05) is 25.1 Å². The van der Waals surface area contributed by atoms with E-state index in [4.69, 9.17) is 0 Å². The zero-order chi connectivity index (χ0) is 13.7. The third kappa shape index (κ3) is 3.77. The Kier molecular flexibility index (Phi) is 4.07. The zero-order valence-corrected chi connectivity index (χ0v) is 11.0. The lowest BCUT2D eigenvalue weighted by Crippen LogP contribution is -2.07. The minimum atomic E-state index is -0.0799. The second-order valence-corrected chi connectivity index (χ2v) is 4.26. The smallest absolute Gasteiger partial charge is 0.221 e. The summed E-state index contributed by atoms with van der Waals surface area (Å²) in [5.74, 6) is -0.0799. The van der Waals surface area contributed by atoms with E-state index in [9.17, 15) is 4.79 Å². The first kappa shape index (κ1) is 13.0. The summed E-state index contributed by atoms with van der Waals surface area (Å²) in [5.41, 5.74) is 3.72. The molecule has 0 atom stereocenters. The van der Waals surface area contributed by atoms with Crippen LogP contribution in [-0.2, 0) is 11.3 Å². The quantitative estimate of drug-likeness (QED) is 0.881. The van der Waals surface area contributed by atoms with E-state index in [1.54, 1.807) is 18.6 Å². The zero-order valence-electron chi connectivity index (χ0n) is 11.0. The normalized spacial score (nSPS) is 10.0. The highest BCUT2D eigenvalue weighted by Crippen LogP contribution is 2.20. The first-order valence-corrected chi connectivity index (χ1v) is 6.02. The van der Waals surface area contributed by atoms with Crippen LogP contribution in [0.1, 0.15) is 18.2 Å². The van der Waals surface area contributed by atoms with Gasteiger partial charge in [-0.15, -0.1) is 0 Å². The first-order chi connectivity index (χ1) is 9.15. The van der Waals surface area contributed by atoms with Crippen molar-refractivity contribution in [3.05, 3.63) is 48.0 Å². The highest BCUT2D eigenvalue weighted by atomic mass is 16.1. The molecule has 5 nitrogen and oxygen atoms in total. The summed E-state index contributed by atoms with van der Waals surface area (Å²) < 4.78 is 0. The molecule has 0 aliphatic rings. The summed E-state index contributed by atoms with van der Waals surface area (Å²) >= 11 is 0. The van der Waals surface area contributed by atoms with Gasteiger partial charge in [-0.25, -0.2) is 0 Å². The molecule has 0 unspecified atom stereocenters. The Bertz CT molecular complexity index is 569. The van der Waals surface area contributed by atoms with Gasteiger partial charge in [0.05, 0.1) is 18.4 Å². The molecule has 1 aromatic heterocycles. The van der Waals surface area contributed by atoms with Crippen molar-refractivity contribution in [2.45, 2.75) is 20.4 Å². The summed E-state index contributed by atoms with van der Waals surface area (Å²) in [6.07, 6.45) is 5.03. The average molecular weight is 256 g/mol. The lowest BCUT2D eigenvalue weighted by Gasteiger charge is -2.11. The predicted octanol–water partition coefficient (Wildman–Crippen LogP) is 2.36. The van der Waals surface area contributed by atoms with E-state index in [2.05, 4.69) is 20.6 Å². The van der Waals surface area contributed by atoms with Gasteiger partial charge in [0, 0.05) is 30.7 Å². The molecule has 98 valence electrons. The van der Waals surface area contributed by atoms with Gasteiger partial charge in [-0.05, 0) is 24.6 Å². The fourth-order valence-corrected chi connectivity index (χ4v) is 1.70. The van der Waals surface area contributed by atoms with Crippen molar-refractivity contribution in [2.24, 2.45) is 0 Å². The van der Waals surface area contributed by atoms with E-state index in [1.165, 1.54) is 6.92 Å². The van der Waals surface area contributed by atoms with Gasteiger partial charge in [0.1, 0.15) is 0 Å². The highest BCUT2D eigenvalue weighted by molar-refractivity contribution is 5.89. The molecule has 1 amide bonds. The average Bonchev–Trinajstić information content (AvgIpc) is 2.40. The van der Waals surface area contributed by atoms with Crippen LogP contribution in [0.2, 0.25) is 0 Å². The molecule has 2 rings (SSSR count). The largest absolute Gasteiger partial charge is 0.379 e. The monoisotopic (exact) mass is 256 g/mol. The van der Waals surface area contributed by atoms with Crippen molar-refractivity contribution in [3.63, 3.8) is 0 Å². The maximum Gasteiger partial charge on any atom is 0.221 e. The third-order valence-corrected chi connectivity index (χ3v) is 2.63. The number of amides is 1. The number of benzene rings is 1. The topological polar surface area (TPSA) is 66.9 Å². The number of carbonyl (C=O) groups excluding carboxylic acids is 1. The number of aromatic nitrogens is 2. The molecule has 0 saturated carbocycles. The van der Waals surface area contributed by atoms with Gasteiger partial charge in [0.2, 0.25) is 5.91 Å². The summed E-state index contributed by atoms with van der Waals surface area (Å²) in [5, 5.41) is 6.05. The molecule has 0 fully saturated rings. The molecule has 2 N–H and O–H groups in total. The van der Waals surface area contributed by atoms with Crippen LogP contribution >= 0.6 is 0 Å². The number of anilines is 2. The summed E-state index contributed by atoms with van der Waals surface area (Å²) in [7, 11) is 0. The van der Waals surface area contributed by atoms with E-state index >= 15 is 0 Å². The second-order valence-electron chi connectivity index (χ2n) is 4.26. The van der Waals surface area contributed by atoms with Crippen LogP contribution in [0.15, 0.2) is 36.8 Å². The Morgan fingerprint density at radius 2 is 2.16 bits per heavy atom. The Morgan fingerprint density at radius 1 is 1.32 bits per heavy atom. The molecule has 0 aliphatic heterocycles. The lowest BCUT2D eigenvalue weighted by atomic mass is 10.1. The highest BCUT2D eigenvalue weighted by Gasteiger charge is 2.02. The van der Waals surface area contributed by atoms with Gasteiger partial charge >= 0.3 is 0 Å². The van der Waals surface area contributed by atoms with E-state index in [0.717, 1.165) is 22.6 Å². The second kappa shape index (κ2) is 5.95. The fraction of sp³-hybridized carbons (Fsp3) is 0.214. The molecule has 0 saturated heterocycles. The van der Waals surface area contributed by atoms with Crippen LogP contribution < -0.4 is 10.6 Å². The number of nitrogens with zero attached hydrogens (tertiary/aromatic N) is 2. The molecular weight excluding hydrogens is 240 g/mol. The molecule has 0 spiro atoms. The van der Waals surface area contributed by atoms with Crippen LogP contribution in [0.5, 0.6) is 0 Å². The van der Waals surface area contributed by atoms with Crippen molar-refractivity contribution in [1.82, 2.24) is 9.97 Å². The maximum absolute atomic E-state index is 11.0. The van der Waals surface area contributed by atoms with Crippen molar-refractivity contribution in [2.75, 3.05) is 10.6 Å². The van der Waals surface area contributed by atoms with Gasteiger partial charge < -0.3 is 10.6 Å². The van der Waals surface area contributed by atoms with Crippen LogP contribution in [0.3, 0.4) is 0 Å². The molecule has 0 bridgehead atoms. The first-order valence-electron chi connectivity index (χ1n) is 6.02. The van der Waals surface area contributed by atoms with Gasteiger partial charge in [0.25, 0.3) is 0 Å². The molecule has 1 heterocycles. The van der Waals surface area contributed by atoms with Gasteiger partial charge in [0.15, 0.2) is 0 Å². The predicted molar refractivity (Wildman–Crippen MR) is 74.8 cm³/mol. The van der Waals surface area contributed by atoms with E-state index in [-0.39, 0.29) is 5.91 Å². The Morgan fingerprint density at radius 3 is 2.84 bits per heavy atom. The summed E-state index contributed by atoms with van der Waals surface area (Å²) in [6.45, 7) is 4.10. The number of nitrogens with one attached hydrogen (secondary N) is 2. The Labute approximate surface area is 112 Å². The van der Waals surface area contributed by atoms with Crippen LogP contribution in [0.25, 0.3) is 0 Å². The summed E-state index contributed by atoms with van der Waals surface area (Å²) in [6, 6.07) is 5.75.